The fourth-order valence-corrected chi connectivity index (χ4v) is 4.93. The summed E-state index contributed by atoms with van der Waals surface area (Å²) in [4.78, 5) is 32.3. The minimum atomic E-state index is -0.407. The van der Waals surface area contributed by atoms with Crippen molar-refractivity contribution in [3.8, 4) is 11.4 Å². The maximum absolute atomic E-state index is 13.0. The summed E-state index contributed by atoms with van der Waals surface area (Å²) < 4.78 is 3.71. The molecular formula is C28H26N8O3. The molecule has 196 valence electrons. The third kappa shape index (κ3) is 5.06. The lowest BCUT2D eigenvalue weighted by atomic mass is 10.2. The summed E-state index contributed by atoms with van der Waals surface area (Å²) in [7, 11) is 0. The number of rotatable bonds is 7. The van der Waals surface area contributed by atoms with Crippen LogP contribution in [0.25, 0.3) is 22.4 Å². The van der Waals surface area contributed by atoms with Gasteiger partial charge in [-0.2, -0.15) is 0 Å². The first-order valence-corrected chi connectivity index (χ1v) is 12.7. The van der Waals surface area contributed by atoms with Crippen LogP contribution in [-0.4, -0.2) is 66.5 Å². The van der Waals surface area contributed by atoms with Crippen LogP contribution in [0, 0.1) is 10.1 Å². The quantitative estimate of drug-likeness (QED) is 0.237. The van der Waals surface area contributed by atoms with E-state index in [0.29, 0.717) is 32.7 Å². The van der Waals surface area contributed by atoms with Crippen molar-refractivity contribution in [2.75, 3.05) is 31.1 Å². The molecule has 0 radical (unpaired) electrons. The Bertz CT molecular complexity index is 1620. The molecule has 0 spiro atoms. The third-order valence-electron chi connectivity index (χ3n) is 6.95. The van der Waals surface area contributed by atoms with Crippen LogP contribution in [0.5, 0.6) is 0 Å². The molecule has 0 aliphatic carbocycles. The van der Waals surface area contributed by atoms with Crippen molar-refractivity contribution >= 4 is 28.3 Å². The van der Waals surface area contributed by atoms with Gasteiger partial charge in [0.15, 0.2) is 0 Å². The fraction of sp³-hybridized carbons (Fsp3) is 0.214. The van der Waals surface area contributed by atoms with Gasteiger partial charge in [0, 0.05) is 49.6 Å². The van der Waals surface area contributed by atoms with E-state index in [1.165, 1.54) is 12.1 Å². The number of hydrogen-bond donors (Lipinski definition) is 0. The number of benzene rings is 3. The minimum absolute atomic E-state index is 0.0205. The van der Waals surface area contributed by atoms with Crippen molar-refractivity contribution in [3.05, 3.63) is 101 Å². The lowest BCUT2D eigenvalue weighted by molar-refractivity contribution is -0.384. The van der Waals surface area contributed by atoms with Gasteiger partial charge in [0.1, 0.15) is 18.1 Å². The van der Waals surface area contributed by atoms with Crippen molar-refractivity contribution < 1.29 is 9.72 Å². The van der Waals surface area contributed by atoms with Gasteiger partial charge in [-0.15, -0.1) is 5.10 Å². The molecule has 0 N–H and O–H groups in total. The van der Waals surface area contributed by atoms with Crippen molar-refractivity contribution in [2.45, 2.75) is 13.1 Å². The highest BCUT2D eigenvalue weighted by atomic mass is 16.6. The fourth-order valence-electron chi connectivity index (χ4n) is 4.93. The number of fused-ring (bicyclic) bond motifs is 1. The smallest absolute Gasteiger partial charge is 0.269 e. The van der Waals surface area contributed by atoms with Crippen LogP contribution in [0.1, 0.15) is 5.69 Å². The Morgan fingerprint density at radius 1 is 0.897 bits per heavy atom. The van der Waals surface area contributed by atoms with Crippen LogP contribution < -0.4 is 4.90 Å². The number of nitrogens with zero attached hydrogens (tertiary/aromatic N) is 8. The van der Waals surface area contributed by atoms with E-state index < -0.39 is 4.92 Å². The highest BCUT2D eigenvalue weighted by Gasteiger charge is 2.22. The van der Waals surface area contributed by atoms with Gasteiger partial charge in [0.25, 0.3) is 5.69 Å². The summed E-state index contributed by atoms with van der Waals surface area (Å²) in [5.41, 5.74) is 4.66. The molecule has 11 heteroatoms. The second kappa shape index (κ2) is 10.4. The van der Waals surface area contributed by atoms with E-state index in [-0.39, 0.29) is 18.1 Å². The molecule has 3 aromatic carbocycles. The molecule has 0 atom stereocenters. The molecule has 0 saturated carbocycles. The third-order valence-corrected chi connectivity index (χ3v) is 6.95. The number of imidazole rings is 1. The molecule has 1 aliphatic heterocycles. The van der Waals surface area contributed by atoms with E-state index in [1.54, 1.807) is 16.8 Å². The van der Waals surface area contributed by atoms with Crippen molar-refractivity contribution in [2.24, 2.45) is 0 Å². The molecule has 1 fully saturated rings. The highest BCUT2D eigenvalue weighted by molar-refractivity contribution is 5.80. The zero-order valence-electron chi connectivity index (χ0n) is 21.1. The van der Waals surface area contributed by atoms with Gasteiger partial charge in [-0.1, -0.05) is 47.7 Å². The van der Waals surface area contributed by atoms with Gasteiger partial charge >= 0.3 is 0 Å². The van der Waals surface area contributed by atoms with Gasteiger partial charge in [0.05, 0.1) is 28.7 Å². The lowest BCUT2D eigenvalue weighted by Gasteiger charge is -2.36. The summed E-state index contributed by atoms with van der Waals surface area (Å²) >= 11 is 0. The minimum Gasteiger partial charge on any atom is -0.368 e. The Kier molecular flexibility index (Phi) is 6.45. The largest absolute Gasteiger partial charge is 0.368 e. The van der Waals surface area contributed by atoms with E-state index in [9.17, 15) is 14.9 Å². The van der Waals surface area contributed by atoms with Crippen molar-refractivity contribution in [3.63, 3.8) is 0 Å². The number of hydrogen-bond acceptors (Lipinski definition) is 7. The number of piperazine rings is 1. The molecule has 1 aliphatic rings. The number of carbonyl (C=O) groups excluding carboxylic acids is 1. The molecule has 6 rings (SSSR count). The molecule has 0 unspecified atom stereocenters. The zero-order valence-corrected chi connectivity index (χ0v) is 21.1. The number of aromatic nitrogens is 5. The number of anilines is 1. The number of nitro groups is 1. The number of para-hydroxylation sites is 2. The number of amides is 1. The summed E-state index contributed by atoms with van der Waals surface area (Å²) in [5.74, 6) is 0.834. The maximum atomic E-state index is 13.0. The van der Waals surface area contributed by atoms with Crippen LogP contribution in [0.3, 0.4) is 0 Å². The average Bonchev–Trinajstić information content (AvgIpc) is 3.58. The molecule has 5 aromatic rings. The lowest BCUT2D eigenvalue weighted by Crippen LogP contribution is -2.49. The Hall–Kier alpha value is -5.06. The monoisotopic (exact) mass is 522 g/mol. The first-order chi connectivity index (χ1) is 19.0. The number of carbonyl (C=O) groups is 1. The molecular weight excluding hydrogens is 496 g/mol. The maximum Gasteiger partial charge on any atom is 0.269 e. The van der Waals surface area contributed by atoms with Crippen LogP contribution in [0.4, 0.5) is 11.4 Å². The zero-order chi connectivity index (χ0) is 26.8. The second-order valence-electron chi connectivity index (χ2n) is 9.43. The normalized spacial score (nSPS) is 13.6. The van der Waals surface area contributed by atoms with Gasteiger partial charge < -0.3 is 14.4 Å². The highest BCUT2D eigenvalue weighted by Crippen LogP contribution is 2.25. The molecule has 3 heterocycles. The predicted molar refractivity (Wildman–Crippen MR) is 146 cm³/mol. The van der Waals surface area contributed by atoms with Crippen LogP contribution in [0.15, 0.2) is 85.1 Å². The van der Waals surface area contributed by atoms with E-state index in [0.717, 1.165) is 33.8 Å². The summed E-state index contributed by atoms with van der Waals surface area (Å²) in [6.07, 6.45) is 1.81. The number of nitro benzene ring substituents is 1. The Balaban J connectivity index is 1.11. The Morgan fingerprint density at radius 3 is 2.36 bits per heavy atom. The van der Waals surface area contributed by atoms with E-state index >= 15 is 0 Å². The predicted octanol–water partition coefficient (Wildman–Crippen LogP) is 3.60. The second-order valence-corrected chi connectivity index (χ2v) is 9.43. The van der Waals surface area contributed by atoms with Crippen LogP contribution in [0.2, 0.25) is 0 Å². The Labute approximate surface area is 224 Å². The molecule has 2 aromatic heterocycles. The van der Waals surface area contributed by atoms with Gasteiger partial charge in [-0.3, -0.25) is 14.9 Å². The van der Waals surface area contributed by atoms with E-state index in [4.69, 9.17) is 4.98 Å². The summed E-state index contributed by atoms with van der Waals surface area (Å²) in [6.45, 7) is 3.04. The van der Waals surface area contributed by atoms with Crippen molar-refractivity contribution in [1.29, 1.82) is 0 Å². The van der Waals surface area contributed by atoms with Gasteiger partial charge in [-0.25, -0.2) is 9.67 Å². The van der Waals surface area contributed by atoms with Crippen molar-refractivity contribution in [1.82, 2.24) is 29.4 Å². The number of non-ortho nitro benzene ring substituents is 1. The molecule has 11 nitrogen and oxygen atoms in total. The molecule has 0 bridgehead atoms. The summed E-state index contributed by atoms with van der Waals surface area (Å²) in [6, 6.07) is 24.5. The van der Waals surface area contributed by atoms with Crippen LogP contribution >= 0.6 is 0 Å². The SMILES string of the molecule is O=C(Cn1cc(Cn2c(-c3ccccc3)nc3ccccc32)nn1)N1CCN(c2ccc([N+](=O)[O-])cc2)CC1. The average molecular weight is 523 g/mol. The topological polar surface area (TPSA) is 115 Å². The first kappa shape index (κ1) is 24.3. The first-order valence-electron chi connectivity index (χ1n) is 12.7. The molecule has 39 heavy (non-hydrogen) atoms. The Morgan fingerprint density at radius 2 is 1.62 bits per heavy atom. The summed E-state index contributed by atoms with van der Waals surface area (Å²) in [5, 5.41) is 19.5. The van der Waals surface area contributed by atoms with Gasteiger partial charge in [0.2, 0.25) is 5.91 Å². The molecule has 1 amide bonds. The van der Waals surface area contributed by atoms with E-state index in [2.05, 4.69) is 19.8 Å². The van der Waals surface area contributed by atoms with Gasteiger partial charge in [-0.05, 0) is 24.3 Å². The standard InChI is InChI=1S/C28H26N8O3/c37-27(33-16-14-32(15-17-33)23-10-12-24(13-11-23)36(38)39)20-34-18-22(30-31-34)19-35-26-9-5-4-8-25(26)29-28(35)21-6-2-1-3-7-21/h1-13,18H,14-17,19-20H2. The van der Waals surface area contributed by atoms with Crippen LogP contribution in [-0.2, 0) is 17.9 Å². The molecule has 1 saturated heterocycles. The van der Waals surface area contributed by atoms with E-state index in [1.807, 2.05) is 65.7 Å².